The van der Waals surface area contributed by atoms with E-state index in [1.165, 1.54) is 0 Å². The van der Waals surface area contributed by atoms with Gasteiger partial charge in [-0.15, -0.1) is 0 Å². The average Bonchev–Trinajstić information content (AvgIpc) is 1.61. The fraction of sp³-hybridized carbons (Fsp3) is 1.00. The van der Waals surface area contributed by atoms with Gasteiger partial charge in [-0.2, -0.15) is 0 Å². The summed E-state index contributed by atoms with van der Waals surface area (Å²) in [6.07, 6.45) is 1.00. The average molecular weight is 117 g/mol. The Hall–Kier alpha value is 0.177. The van der Waals surface area contributed by atoms with Crippen molar-refractivity contribution in [3.8, 4) is 0 Å². The molecule has 0 N–H and O–H groups in total. The number of rotatable bonds is 3. The van der Waals surface area contributed by atoms with E-state index in [1.807, 2.05) is 6.92 Å². The van der Waals surface area contributed by atoms with E-state index in [9.17, 15) is 0 Å². The molecule has 0 aromatic carbocycles. The number of hydrogen-bond acceptors (Lipinski definition) is 1. The van der Waals surface area contributed by atoms with Gasteiger partial charge in [0.15, 0.2) is 0 Å². The summed E-state index contributed by atoms with van der Waals surface area (Å²) in [5.41, 5.74) is 0. The first-order valence-electron chi connectivity index (χ1n) is 2.64. The molecule has 0 fully saturated rings. The van der Waals surface area contributed by atoms with Crippen LogP contribution < -0.4 is 0 Å². The van der Waals surface area contributed by atoms with Crippen molar-refractivity contribution in [3.05, 3.63) is 0 Å². The maximum absolute atomic E-state index is 5.14. The van der Waals surface area contributed by atoms with Crippen molar-refractivity contribution in [2.75, 3.05) is 12.8 Å². The second kappa shape index (κ2) is 4.34. The molecule has 0 heterocycles. The highest BCUT2D eigenvalue weighted by Gasteiger charge is 1.91. The van der Waals surface area contributed by atoms with E-state index in [0.29, 0.717) is 0 Å². The molecule has 0 unspecified atom stereocenters. The van der Waals surface area contributed by atoms with E-state index in [-0.39, 0.29) is 8.80 Å². The highest BCUT2D eigenvalue weighted by Crippen LogP contribution is 1.79. The Morgan fingerprint density at radius 2 is 2.00 bits per heavy atom. The van der Waals surface area contributed by atoms with Crippen LogP contribution in [0.3, 0.4) is 0 Å². The molecular weight excluding hydrogens is 104 g/mol. The van der Waals surface area contributed by atoms with Crippen LogP contribution in [0, 0.1) is 0 Å². The second-order valence-electron chi connectivity index (χ2n) is 1.84. The van der Waals surface area contributed by atoms with Gasteiger partial charge in [-0.3, -0.25) is 0 Å². The van der Waals surface area contributed by atoms with Crippen molar-refractivity contribution in [3.63, 3.8) is 0 Å². The van der Waals surface area contributed by atoms with Gasteiger partial charge >= 0.3 is 0 Å². The van der Waals surface area contributed by atoms with Crippen molar-refractivity contribution in [1.29, 1.82) is 0 Å². The van der Waals surface area contributed by atoms with Gasteiger partial charge in [0.05, 0.1) is 8.80 Å². The molecule has 0 saturated heterocycles. The molecule has 2 heteroatoms. The molecule has 0 bridgehead atoms. The Balaban J connectivity index is 2.68. The molecule has 43 valence electrons. The lowest BCUT2D eigenvalue weighted by molar-refractivity contribution is 0.191. The van der Waals surface area contributed by atoms with E-state index >= 15 is 0 Å². The molecule has 0 aliphatic carbocycles. The molecule has 0 aliphatic rings. The lowest BCUT2D eigenvalue weighted by Gasteiger charge is -1.99. The summed E-state index contributed by atoms with van der Waals surface area (Å²) in [7, 11) is -0.119. The maximum atomic E-state index is 5.14. The van der Waals surface area contributed by atoms with Crippen LogP contribution in [0.25, 0.3) is 0 Å². The molecule has 0 amide bonds. The summed E-state index contributed by atoms with van der Waals surface area (Å²) in [5.74, 6) is 0. The highest BCUT2D eigenvalue weighted by molar-refractivity contribution is 6.55. The Kier molecular flexibility index (Phi) is 4.45. The molecule has 0 saturated carbocycles. The summed E-state index contributed by atoms with van der Waals surface area (Å²) in [4.78, 5) is 0. The van der Waals surface area contributed by atoms with E-state index in [1.54, 1.807) is 0 Å². The van der Waals surface area contributed by atoms with Crippen molar-refractivity contribution in [2.45, 2.75) is 20.0 Å². The van der Waals surface area contributed by atoms with Crippen molar-refractivity contribution in [2.24, 2.45) is 0 Å². The van der Waals surface area contributed by atoms with Crippen LogP contribution in [0.4, 0.5) is 0 Å². The summed E-state index contributed by atoms with van der Waals surface area (Å²) in [5, 5.41) is 0. The first-order chi connectivity index (χ1) is 3.27. The molecule has 7 heavy (non-hydrogen) atoms. The van der Waals surface area contributed by atoms with E-state index in [0.717, 1.165) is 12.8 Å². The molecule has 0 aromatic heterocycles. The third kappa shape index (κ3) is 6.18. The van der Waals surface area contributed by atoms with Crippen molar-refractivity contribution in [1.82, 2.24) is 0 Å². The van der Waals surface area contributed by atoms with Gasteiger partial charge in [-0.25, -0.2) is 0 Å². The normalized spacial score (nSPS) is 10.3. The Bertz CT molecular complexity index is 37.1. The third-order valence-electron chi connectivity index (χ3n) is 0.595. The van der Waals surface area contributed by atoms with Crippen LogP contribution in [0.2, 0.25) is 13.1 Å². The van der Waals surface area contributed by atoms with Gasteiger partial charge in [-0.05, 0) is 6.92 Å². The van der Waals surface area contributed by atoms with E-state index in [4.69, 9.17) is 4.74 Å². The summed E-state index contributed by atoms with van der Waals surface area (Å²) >= 11 is 0. The zero-order chi connectivity index (χ0) is 5.70. The first kappa shape index (κ1) is 7.18. The van der Waals surface area contributed by atoms with Gasteiger partial charge in [0.2, 0.25) is 0 Å². The SMILES string of the molecule is CCOC[Si](C)C. The first-order valence-corrected chi connectivity index (χ1v) is 5.35. The number of ether oxygens (including phenoxy) is 1. The topological polar surface area (TPSA) is 9.23 Å². The molecule has 0 rings (SSSR count). The van der Waals surface area contributed by atoms with Gasteiger partial charge in [0.1, 0.15) is 0 Å². The predicted octanol–water partition coefficient (Wildman–Crippen LogP) is 1.32. The van der Waals surface area contributed by atoms with Crippen molar-refractivity contribution >= 4 is 8.80 Å². The summed E-state index contributed by atoms with van der Waals surface area (Å²) in [6.45, 7) is 7.40. The van der Waals surface area contributed by atoms with Crippen LogP contribution in [0.1, 0.15) is 6.92 Å². The summed E-state index contributed by atoms with van der Waals surface area (Å²) < 4.78 is 5.14. The highest BCUT2D eigenvalue weighted by atomic mass is 28.3. The van der Waals surface area contributed by atoms with Gasteiger partial charge < -0.3 is 4.74 Å². The lowest BCUT2D eigenvalue weighted by Crippen LogP contribution is -2.10. The summed E-state index contributed by atoms with van der Waals surface area (Å²) in [6, 6.07) is 0. The fourth-order valence-corrected chi connectivity index (χ4v) is 0.919. The minimum absolute atomic E-state index is 0.119. The van der Waals surface area contributed by atoms with E-state index in [2.05, 4.69) is 13.1 Å². The second-order valence-corrected chi connectivity index (χ2v) is 4.55. The molecule has 0 aliphatic heterocycles. The standard InChI is InChI=1S/C5H13OSi/c1-4-6-5-7(2)3/h4-5H2,1-3H3. The fourth-order valence-electron chi connectivity index (χ4n) is 0.306. The van der Waals surface area contributed by atoms with Gasteiger partial charge in [0, 0.05) is 12.8 Å². The van der Waals surface area contributed by atoms with Crippen LogP contribution in [0.15, 0.2) is 0 Å². The lowest BCUT2D eigenvalue weighted by atomic mass is 10.9. The van der Waals surface area contributed by atoms with E-state index < -0.39 is 0 Å². The van der Waals surface area contributed by atoms with Crippen LogP contribution in [-0.2, 0) is 4.74 Å². The van der Waals surface area contributed by atoms with Gasteiger partial charge in [-0.1, -0.05) is 13.1 Å². The Morgan fingerprint density at radius 3 is 2.14 bits per heavy atom. The zero-order valence-electron chi connectivity index (χ0n) is 5.32. The van der Waals surface area contributed by atoms with Crippen LogP contribution in [0.5, 0.6) is 0 Å². The zero-order valence-corrected chi connectivity index (χ0v) is 6.32. The monoisotopic (exact) mass is 117 g/mol. The van der Waals surface area contributed by atoms with Crippen LogP contribution in [-0.4, -0.2) is 21.6 Å². The molecule has 1 radical (unpaired) electrons. The minimum Gasteiger partial charge on any atom is -0.385 e. The largest absolute Gasteiger partial charge is 0.385 e. The van der Waals surface area contributed by atoms with Gasteiger partial charge in [0.25, 0.3) is 0 Å². The Morgan fingerprint density at radius 1 is 1.43 bits per heavy atom. The molecule has 0 aromatic rings. The molecular formula is C5H13OSi. The van der Waals surface area contributed by atoms with Crippen LogP contribution >= 0.6 is 0 Å². The minimum atomic E-state index is -0.119. The molecule has 1 nitrogen and oxygen atoms in total. The molecule has 0 spiro atoms. The number of hydrogen-bond donors (Lipinski definition) is 0. The molecule has 0 atom stereocenters. The quantitative estimate of drug-likeness (QED) is 0.506. The van der Waals surface area contributed by atoms with Crippen molar-refractivity contribution < 1.29 is 4.74 Å². The third-order valence-corrected chi connectivity index (χ3v) is 1.38. The smallest absolute Gasteiger partial charge is 0.0741 e. The maximum Gasteiger partial charge on any atom is 0.0741 e. The predicted molar refractivity (Wildman–Crippen MR) is 34.0 cm³/mol. The Labute approximate surface area is 47.3 Å².